The van der Waals surface area contributed by atoms with Gasteiger partial charge in [0.2, 0.25) is 17.8 Å². The van der Waals surface area contributed by atoms with Gasteiger partial charge in [-0.15, -0.1) is 0 Å². The number of carboxylic acid groups (broad SMARTS) is 1. The van der Waals surface area contributed by atoms with Crippen LogP contribution in [0, 0.1) is 25.7 Å². The highest BCUT2D eigenvalue weighted by atomic mass is 35.5. The van der Waals surface area contributed by atoms with Crippen molar-refractivity contribution in [3.05, 3.63) is 94.4 Å². The molecule has 2 atom stereocenters. The van der Waals surface area contributed by atoms with Crippen molar-refractivity contribution in [3.63, 3.8) is 0 Å². The molecule has 4 N–H and O–H groups in total. The van der Waals surface area contributed by atoms with Gasteiger partial charge in [0.1, 0.15) is 5.82 Å². The van der Waals surface area contributed by atoms with Crippen molar-refractivity contribution in [2.45, 2.75) is 26.9 Å². The number of carbonyl (C=O) groups is 4. The third-order valence-electron chi connectivity index (χ3n) is 8.58. The van der Waals surface area contributed by atoms with E-state index in [0.717, 1.165) is 27.3 Å². The number of carbonyl (C=O) groups excluding carboxylic acids is 3. The molecule has 2 aliphatic heterocycles. The van der Waals surface area contributed by atoms with Crippen LogP contribution in [0.15, 0.2) is 67.0 Å². The van der Waals surface area contributed by atoms with E-state index in [1.54, 1.807) is 66.8 Å². The summed E-state index contributed by atoms with van der Waals surface area (Å²) in [7, 11) is 1.63. The lowest BCUT2D eigenvalue weighted by Gasteiger charge is -2.35. The van der Waals surface area contributed by atoms with Gasteiger partial charge >= 0.3 is 12.1 Å². The average molecular weight is 684 g/mol. The molecule has 1 saturated heterocycles. The Hall–Kier alpha value is -5.76. The van der Waals surface area contributed by atoms with Crippen LogP contribution in [0.3, 0.4) is 0 Å². The Bertz CT molecular complexity index is 1920. The minimum absolute atomic E-state index is 0.117. The molecule has 6 rings (SSSR count). The second kappa shape index (κ2) is 13.8. The van der Waals surface area contributed by atoms with Gasteiger partial charge in [0.25, 0.3) is 0 Å². The van der Waals surface area contributed by atoms with Crippen LogP contribution >= 0.6 is 11.6 Å². The van der Waals surface area contributed by atoms with E-state index < -0.39 is 29.7 Å². The van der Waals surface area contributed by atoms with Gasteiger partial charge in [-0.05, 0) is 61.4 Å². The maximum absolute atomic E-state index is 13.7. The summed E-state index contributed by atoms with van der Waals surface area (Å²) in [6.07, 6.45) is 2.13. The highest BCUT2D eigenvalue weighted by Gasteiger charge is 2.43. The second-order valence-corrected chi connectivity index (χ2v) is 12.5. The number of aryl methyl sites for hydroxylation is 2. The molecule has 4 heterocycles. The van der Waals surface area contributed by atoms with Crippen LogP contribution < -0.4 is 25.8 Å². The number of nitrogens with one attached hydrogen (secondary N) is 3. The third-order valence-corrected chi connectivity index (χ3v) is 8.84. The van der Waals surface area contributed by atoms with E-state index in [-0.39, 0.29) is 32.2 Å². The summed E-state index contributed by atoms with van der Waals surface area (Å²) < 4.78 is 0. The Kier molecular flexibility index (Phi) is 9.31. The maximum Gasteiger partial charge on any atom is 0.407 e. The molecule has 15 heteroatoms. The van der Waals surface area contributed by atoms with Gasteiger partial charge in [0.05, 0.1) is 36.0 Å². The Labute approximate surface area is 287 Å². The Morgan fingerprint density at radius 2 is 1.65 bits per heavy atom. The SMILES string of the molecule is Cc1ccc(Nc2ncc3c(n2)N(C)C(=O)N(c2cc(NC(=O)[C@@H]4CN(C(=O)O)C[C@H]4C(=O)NCc4ccc(Cl)cc4)ccc2C)C3)cn1. The summed E-state index contributed by atoms with van der Waals surface area (Å²) in [5.74, 6) is -1.98. The van der Waals surface area contributed by atoms with Gasteiger partial charge in [-0.1, -0.05) is 29.8 Å². The van der Waals surface area contributed by atoms with Crippen molar-refractivity contribution in [2.24, 2.45) is 11.8 Å². The molecular weight excluding hydrogens is 650 g/mol. The van der Waals surface area contributed by atoms with Crippen molar-refractivity contribution in [1.29, 1.82) is 0 Å². The number of nitrogens with zero attached hydrogens (tertiary/aromatic N) is 6. The van der Waals surface area contributed by atoms with Crippen molar-refractivity contribution >= 4 is 64.4 Å². The summed E-state index contributed by atoms with van der Waals surface area (Å²) in [4.78, 5) is 69.6. The maximum atomic E-state index is 13.7. The van der Waals surface area contributed by atoms with Gasteiger partial charge in [-0.25, -0.2) is 14.6 Å². The Balaban J connectivity index is 1.17. The van der Waals surface area contributed by atoms with Crippen LogP contribution in [0.25, 0.3) is 0 Å². The fourth-order valence-corrected chi connectivity index (χ4v) is 5.98. The third kappa shape index (κ3) is 7.23. The fraction of sp³-hybridized carbons (Fsp3) is 0.265. The first-order valence-corrected chi connectivity index (χ1v) is 15.9. The monoisotopic (exact) mass is 683 g/mol. The largest absolute Gasteiger partial charge is 0.465 e. The van der Waals surface area contributed by atoms with Gasteiger partial charge in [-0.2, -0.15) is 4.98 Å². The molecule has 1 fully saturated rings. The summed E-state index contributed by atoms with van der Waals surface area (Å²) in [6.45, 7) is 3.88. The Morgan fingerprint density at radius 1 is 0.939 bits per heavy atom. The summed E-state index contributed by atoms with van der Waals surface area (Å²) in [5, 5.41) is 19.0. The Morgan fingerprint density at radius 3 is 2.35 bits per heavy atom. The number of halogens is 1. The van der Waals surface area contributed by atoms with E-state index in [0.29, 0.717) is 33.9 Å². The number of urea groups is 1. The predicted octanol–water partition coefficient (Wildman–Crippen LogP) is 4.94. The van der Waals surface area contributed by atoms with E-state index in [9.17, 15) is 24.3 Å². The predicted molar refractivity (Wildman–Crippen MR) is 184 cm³/mol. The zero-order valence-electron chi connectivity index (χ0n) is 27.0. The van der Waals surface area contributed by atoms with Crippen LogP contribution in [0.5, 0.6) is 0 Å². The second-order valence-electron chi connectivity index (χ2n) is 12.0. The van der Waals surface area contributed by atoms with Crippen LogP contribution in [-0.4, -0.2) is 69.0 Å². The van der Waals surface area contributed by atoms with E-state index >= 15 is 0 Å². The first-order chi connectivity index (χ1) is 23.5. The highest BCUT2D eigenvalue weighted by Crippen LogP contribution is 2.34. The molecule has 49 heavy (non-hydrogen) atoms. The summed E-state index contributed by atoms with van der Waals surface area (Å²) >= 11 is 5.95. The molecule has 0 spiro atoms. The lowest BCUT2D eigenvalue weighted by molar-refractivity contribution is -0.130. The number of benzene rings is 2. The van der Waals surface area contributed by atoms with Crippen LogP contribution in [0.4, 0.5) is 38.4 Å². The number of pyridine rings is 1. The summed E-state index contributed by atoms with van der Waals surface area (Å²) in [6, 6.07) is 15.5. The van der Waals surface area contributed by atoms with E-state index in [2.05, 4.69) is 30.9 Å². The standard InChI is InChI=1S/C34H34ClN9O5/c1-19-4-10-24(39-31(46)27-18-43(34(48)49)17-26(27)30(45)37-13-21-6-8-23(35)9-7-21)12-28(19)44-16-22-14-38-32(41-29(22)42(3)33(44)47)40-25-11-5-20(2)36-15-25/h4-12,14-15,26-27H,13,16-18H2,1-3H3,(H,37,45)(H,39,46)(H,48,49)(H,38,40,41)/t26-,27-/m1/s1. The molecule has 0 radical (unpaired) electrons. The molecule has 4 aromatic rings. The van der Waals surface area contributed by atoms with E-state index in [1.807, 2.05) is 26.0 Å². The molecule has 14 nitrogen and oxygen atoms in total. The molecule has 0 aliphatic carbocycles. The minimum Gasteiger partial charge on any atom is -0.465 e. The number of hydrogen-bond acceptors (Lipinski definition) is 8. The molecule has 0 saturated carbocycles. The number of amides is 5. The van der Waals surface area contributed by atoms with Gasteiger partial charge in [0, 0.05) is 54.8 Å². The fourth-order valence-electron chi connectivity index (χ4n) is 5.86. The first kappa shape index (κ1) is 33.2. The smallest absolute Gasteiger partial charge is 0.407 e. The number of aromatic nitrogens is 3. The van der Waals surface area contributed by atoms with Crippen LogP contribution in [-0.2, 0) is 22.7 Å². The number of anilines is 5. The topological polar surface area (TPSA) is 173 Å². The molecular formula is C34H34ClN9O5. The van der Waals surface area contributed by atoms with Gasteiger partial charge in [0.15, 0.2) is 0 Å². The summed E-state index contributed by atoms with van der Waals surface area (Å²) in [5.41, 5.74) is 4.85. The van der Waals surface area contributed by atoms with Gasteiger partial charge < -0.3 is 26.0 Å². The van der Waals surface area contributed by atoms with Crippen LogP contribution in [0.2, 0.25) is 5.02 Å². The number of hydrogen-bond donors (Lipinski definition) is 4. The average Bonchev–Trinajstić information content (AvgIpc) is 3.55. The number of fused-ring (bicyclic) bond motifs is 1. The molecule has 252 valence electrons. The minimum atomic E-state index is -1.21. The molecule has 2 aromatic carbocycles. The molecule has 0 bridgehead atoms. The van der Waals surface area contributed by atoms with Gasteiger partial charge in [-0.3, -0.25) is 24.4 Å². The van der Waals surface area contributed by atoms with E-state index in [1.165, 1.54) is 4.90 Å². The molecule has 5 amide bonds. The van der Waals surface area contributed by atoms with Crippen LogP contribution in [0.1, 0.15) is 22.4 Å². The zero-order chi connectivity index (χ0) is 34.8. The van der Waals surface area contributed by atoms with Crippen molar-refractivity contribution < 1.29 is 24.3 Å². The lowest BCUT2D eigenvalue weighted by atomic mass is 9.94. The highest BCUT2D eigenvalue weighted by molar-refractivity contribution is 6.30. The molecule has 0 unspecified atom stereocenters. The van der Waals surface area contributed by atoms with E-state index in [4.69, 9.17) is 11.6 Å². The van der Waals surface area contributed by atoms with Crippen molar-refractivity contribution in [1.82, 2.24) is 25.2 Å². The van der Waals surface area contributed by atoms with Crippen molar-refractivity contribution in [3.8, 4) is 0 Å². The quantitative estimate of drug-likeness (QED) is 0.201. The van der Waals surface area contributed by atoms with Crippen molar-refractivity contribution in [2.75, 3.05) is 40.6 Å². The zero-order valence-corrected chi connectivity index (χ0v) is 27.7. The molecule has 2 aromatic heterocycles. The first-order valence-electron chi connectivity index (χ1n) is 15.5. The normalized spacial score (nSPS) is 17.1. The number of rotatable bonds is 8. The number of likely N-dealkylation sites (tertiary alicyclic amines) is 1. The molecule has 2 aliphatic rings. The lowest BCUT2D eigenvalue weighted by Crippen LogP contribution is -2.46.